The summed E-state index contributed by atoms with van der Waals surface area (Å²) in [5.74, 6) is -0.587. The fourth-order valence-corrected chi connectivity index (χ4v) is 3.94. The Hall–Kier alpha value is -2.95. The highest BCUT2D eigenvalue weighted by Gasteiger charge is 2.48. The van der Waals surface area contributed by atoms with Crippen molar-refractivity contribution in [3.05, 3.63) is 59.7 Å². The van der Waals surface area contributed by atoms with Crippen LogP contribution in [-0.4, -0.2) is 17.8 Å². The molecule has 0 spiro atoms. The van der Waals surface area contributed by atoms with Crippen LogP contribution in [0, 0.1) is 18.8 Å². The summed E-state index contributed by atoms with van der Waals surface area (Å²) < 4.78 is 5.35. The predicted octanol–water partition coefficient (Wildman–Crippen LogP) is 3.89. The summed E-state index contributed by atoms with van der Waals surface area (Å²) in [7, 11) is 0. The minimum absolute atomic E-state index is 0.111. The van der Waals surface area contributed by atoms with Crippen LogP contribution in [0.3, 0.4) is 0 Å². The zero-order valence-corrected chi connectivity index (χ0v) is 15.2. The van der Waals surface area contributed by atoms with Gasteiger partial charge in [0.05, 0.1) is 23.1 Å². The summed E-state index contributed by atoms with van der Waals surface area (Å²) in [5, 5.41) is 0. The van der Waals surface area contributed by atoms with Crippen molar-refractivity contribution in [3.63, 3.8) is 0 Å². The van der Waals surface area contributed by atoms with Crippen LogP contribution in [0.4, 0.5) is 5.69 Å². The Bertz CT molecular complexity index is 862. The first-order valence-electron chi connectivity index (χ1n) is 9.31. The van der Waals surface area contributed by atoms with Crippen LogP contribution < -0.4 is 9.64 Å². The molecule has 0 bridgehead atoms. The summed E-state index contributed by atoms with van der Waals surface area (Å²) in [6.45, 7) is 1.96. The highest BCUT2D eigenvalue weighted by molar-refractivity contribution is 6.22. The third kappa shape index (κ3) is 3.25. The van der Waals surface area contributed by atoms with Crippen LogP contribution in [0.25, 0.3) is 0 Å². The van der Waals surface area contributed by atoms with Gasteiger partial charge in [-0.15, -0.1) is 0 Å². The van der Waals surface area contributed by atoms with Crippen molar-refractivity contribution < 1.29 is 19.1 Å². The van der Waals surface area contributed by atoms with Crippen LogP contribution in [0.1, 0.15) is 41.6 Å². The summed E-state index contributed by atoms with van der Waals surface area (Å²) in [6, 6.07) is 13.7. The van der Waals surface area contributed by atoms with Gasteiger partial charge in [0.2, 0.25) is 11.8 Å². The van der Waals surface area contributed by atoms with E-state index in [2.05, 4.69) is 0 Å². The fraction of sp³-hybridized carbons (Fsp3) is 0.318. The molecule has 1 saturated carbocycles. The maximum absolute atomic E-state index is 12.7. The van der Waals surface area contributed by atoms with Gasteiger partial charge in [-0.1, -0.05) is 30.5 Å². The topological polar surface area (TPSA) is 63.7 Å². The Morgan fingerprint density at radius 2 is 1.44 bits per heavy atom. The number of hydrogen-bond acceptors (Lipinski definition) is 4. The van der Waals surface area contributed by atoms with E-state index in [9.17, 15) is 14.4 Å². The number of anilines is 1. The standard InChI is InChI=1S/C22H21NO4/c1-14-6-12-17(13-7-14)27-22(26)15-8-10-16(11-9-15)23-20(24)18-4-2-3-5-19(18)21(23)25/h6-13,18-19H,2-5H2,1H3. The van der Waals surface area contributed by atoms with Gasteiger partial charge in [-0.25, -0.2) is 4.79 Å². The molecule has 4 rings (SSSR count). The summed E-state index contributed by atoms with van der Waals surface area (Å²) >= 11 is 0. The van der Waals surface area contributed by atoms with Gasteiger partial charge < -0.3 is 4.74 Å². The van der Waals surface area contributed by atoms with E-state index in [1.54, 1.807) is 36.4 Å². The molecule has 1 heterocycles. The van der Waals surface area contributed by atoms with Gasteiger partial charge >= 0.3 is 5.97 Å². The monoisotopic (exact) mass is 363 g/mol. The third-order valence-corrected chi connectivity index (χ3v) is 5.43. The normalized spacial score (nSPS) is 21.9. The quantitative estimate of drug-likeness (QED) is 0.471. The lowest BCUT2D eigenvalue weighted by atomic mass is 9.81. The second-order valence-corrected chi connectivity index (χ2v) is 7.26. The number of carbonyl (C=O) groups excluding carboxylic acids is 3. The summed E-state index contributed by atoms with van der Waals surface area (Å²) in [5.41, 5.74) is 1.97. The number of ether oxygens (including phenoxy) is 1. The molecule has 2 aromatic rings. The molecule has 27 heavy (non-hydrogen) atoms. The second-order valence-electron chi connectivity index (χ2n) is 7.26. The first kappa shape index (κ1) is 17.5. The largest absolute Gasteiger partial charge is 0.423 e. The SMILES string of the molecule is Cc1ccc(OC(=O)c2ccc(N3C(=O)C4CCCCC4C3=O)cc2)cc1. The Morgan fingerprint density at radius 3 is 2.00 bits per heavy atom. The van der Waals surface area contributed by atoms with Crippen molar-refractivity contribution in [3.8, 4) is 5.75 Å². The van der Waals surface area contributed by atoms with Gasteiger partial charge in [-0.3, -0.25) is 14.5 Å². The number of imide groups is 1. The lowest BCUT2D eigenvalue weighted by molar-refractivity contribution is -0.122. The Kier molecular flexibility index (Phi) is 4.52. The van der Waals surface area contributed by atoms with E-state index in [0.29, 0.717) is 17.0 Å². The van der Waals surface area contributed by atoms with E-state index in [-0.39, 0.29) is 23.7 Å². The smallest absolute Gasteiger partial charge is 0.343 e. The molecule has 0 radical (unpaired) electrons. The first-order chi connectivity index (χ1) is 13.0. The second kappa shape index (κ2) is 6.99. The number of benzene rings is 2. The molecule has 1 aliphatic carbocycles. The number of fused-ring (bicyclic) bond motifs is 1. The fourth-order valence-electron chi connectivity index (χ4n) is 3.94. The molecule has 1 aliphatic heterocycles. The molecule has 2 unspecified atom stereocenters. The van der Waals surface area contributed by atoms with Crippen molar-refractivity contribution in [1.29, 1.82) is 0 Å². The maximum Gasteiger partial charge on any atom is 0.343 e. The zero-order chi connectivity index (χ0) is 19.0. The van der Waals surface area contributed by atoms with Crippen molar-refractivity contribution >= 4 is 23.5 Å². The molecule has 2 aromatic carbocycles. The average molecular weight is 363 g/mol. The first-order valence-corrected chi connectivity index (χ1v) is 9.31. The summed E-state index contributed by atoms with van der Waals surface area (Å²) in [4.78, 5) is 38.9. The third-order valence-electron chi connectivity index (χ3n) is 5.43. The molecule has 1 saturated heterocycles. The molecular formula is C22H21NO4. The molecule has 138 valence electrons. The zero-order valence-electron chi connectivity index (χ0n) is 15.2. The van der Waals surface area contributed by atoms with Crippen molar-refractivity contribution in [1.82, 2.24) is 0 Å². The number of rotatable bonds is 3. The van der Waals surface area contributed by atoms with E-state index < -0.39 is 5.97 Å². The van der Waals surface area contributed by atoms with Gasteiger partial charge in [0.1, 0.15) is 5.75 Å². The van der Waals surface area contributed by atoms with E-state index in [1.807, 2.05) is 19.1 Å². The molecule has 5 nitrogen and oxygen atoms in total. The molecular weight excluding hydrogens is 342 g/mol. The van der Waals surface area contributed by atoms with Gasteiger partial charge in [-0.05, 0) is 56.2 Å². The molecule has 2 atom stereocenters. The molecule has 2 fully saturated rings. The Labute approximate surface area is 157 Å². The lowest BCUT2D eigenvalue weighted by Crippen LogP contribution is -2.30. The van der Waals surface area contributed by atoms with E-state index in [4.69, 9.17) is 4.74 Å². The average Bonchev–Trinajstić information content (AvgIpc) is 2.95. The van der Waals surface area contributed by atoms with Crippen LogP contribution >= 0.6 is 0 Å². The van der Waals surface area contributed by atoms with Crippen LogP contribution in [0.15, 0.2) is 48.5 Å². The van der Waals surface area contributed by atoms with Gasteiger partial charge in [0.15, 0.2) is 0 Å². The molecule has 0 N–H and O–H groups in total. The van der Waals surface area contributed by atoms with Crippen molar-refractivity contribution in [2.75, 3.05) is 4.90 Å². The number of amides is 2. The number of hydrogen-bond donors (Lipinski definition) is 0. The molecule has 5 heteroatoms. The number of aryl methyl sites for hydroxylation is 1. The van der Waals surface area contributed by atoms with Gasteiger partial charge in [0, 0.05) is 0 Å². The maximum atomic E-state index is 12.7. The molecule has 0 aromatic heterocycles. The number of esters is 1. The number of nitrogens with zero attached hydrogens (tertiary/aromatic N) is 1. The highest BCUT2D eigenvalue weighted by Crippen LogP contribution is 2.40. The van der Waals surface area contributed by atoms with E-state index >= 15 is 0 Å². The van der Waals surface area contributed by atoms with Crippen LogP contribution in [0.5, 0.6) is 5.75 Å². The van der Waals surface area contributed by atoms with E-state index in [0.717, 1.165) is 31.2 Å². The Morgan fingerprint density at radius 1 is 0.889 bits per heavy atom. The van der Waals surface area contributed by atoms with Crippen LogP contribution in [-0.2, 0) is 9.59 Å². The minimum Gasteiger partial charge on any atom is -0.423 e. The van der Waals surface area contributed by atoms with Gasteiger partial charge in [0.25, 0.3) is 0 Å². The predicted molar refractivity (Wildman–Crippen MR) is 101 cm³/mol. The highest BCUT2D eigenvalue weighted by atomic mass is 16.5. The lowest BCUT2D eigenvalue weighted by Gasteiger charge is -2.19. The van der Waals surface area contributed by atoms with E-state index in [1.165, 1.54) is 4.90 Å². The molecule has 2 aliphatic rings. The summed E-state index contributed by atoms with van der Waals surface area (Å²) in [6.07, 6.45) is 3.56. The molecule has 2 amide bonds. The van der Waals surface area contributed by atoms with Crippen molar-refractivity contribution in [2.24, 2.45) is 11.8 Å². The minimum atomic E-state index is -0.474. The Balaban J connectivity index is 1.50. The van der Waals surface area contributed by atoms with Crippen LogP contribution in [0.2, 0.25) is 0 Å². The number of carbonyl (C=O) groups is 3. The van der Waals surface area contributed by atoms with Crippen molar-refractivity contribution in [2.45, 2.75) is 32.6 Å². The van der Waals surface area contributed by atoms with Gasteiger partial charge in [-0.2, -0.15) is 0 Å².